The van der Waals surface area contributed by atoms with Crippen LogP contribution in [0.3, 0.4) is 0 Å². The Morgan fingerprint density at radius 1 is 1.09 bits per heavy atom. The predicted octanol–water partition coefficient (Wildman–Crippen LogP) is 2.75. The molecule has 0 spiro atoms. The molecular formula is C22H21FN4O5S. The molecule has 9 nitrogen and oxygen atoms in total. The molecule has 3 aromatic rings. The van der Waals surface area contributed by atoms with Crippen LogP contribution in [0, 0.1) is 5.82 Å². The minimum atomic E-state index is -3.99. The van der Waals surface area contributed by atoms with Gasteiger partial charge >= 0.3 is 0 Å². The Morgan fingerprint density at radius 2 is 1.82 bits per heavy atom. The molecule has 1 aliphatic rings. The molecular weight excluding hydrogens is 451 g/mol. The summed E-state index contributed by atoms with van der Waals surface area (Å²) in [4.78, 5) is 19.0. The van der Waals surface area contributed by atoms with Crippen LogP contribution in [0.15, 0.2) is 65.7 Å². The van der Waals surface area contributed by atoms with E-state index in [0.29, 0.717) is 43.4 Å². The van der Waals surface area contributed by atoms with Crippen LogP contribution in [0.1, 0.15) is 10.4 Å². The summed E-state index contributed by atoms with van der Waals surface area (Å²) < 4.78 is 47.6. The molecule has 0 atom stereocenters. The van der Waals surface area contributed by atoms with Gasteiger partial charge in [0.25, 0.3) is 5.91 Å². The van der Waals surface area contributed by atoms with Crippen LogP contribution in [0.25, 0.3) is 0 Å². The van der Waals surface area contributed by atoms with Crippen LogP contribution >= 0.6 is 0 Å². The minimum Gasteiger partial charge on any atom is -0.439 e. The van der Waals surface area contributed by atoms with E-state index < -0.39 is 15.9 Å². The normalized spacial score (nSPS) is 14.1. The summed E-state index contributed by atoms with van der Waals surface area (Å²) in [6.07, 6.45) is 1.40. The van der Waals surface area contributed by atoms with Crippen molar-refractivity contribution in [2.24, 2.45) is 5.14 Å². The molecule has 172 valence electrons. The molecule has 1 aliphatic heterocycles. The molecule has 0 unspecified atom stereocenters. The predicted molar refractivity (Wildman–Crippen MR) is 120 cm³/mol. The summed E-state index contributed by atoms with van der Waals surface area (Å²) in [6.45, 7) is 2.12. The number of sulfonamides is 1. The quantitative estimate of drug-likeness (QED) is 0.565. The second-order valence-electron chi connectivity index (χ2n) is 7.22. The Bertz CT molecular complexity index is 1240. The van der Waals surface area contributed by atoms with E-state index in [4.69, 9.17) is 14.6 Å². The zero-order valence-electron chi connectivity index (χ0n) is 17.4. The standard InChI is InChI=1S/C22H21FN4O5S/c23-15-1-4-17(5-2-15)32-21-8-3-16(14-25-21)26-22(28)19-13-18(33(24,29)30)6-7-20(19)27-9-11-31-12-10-27/h1-8,13-14H,9-12H2,(H,26,28)(H2,24,29,30). The first-order chi connectivity index (χ1) is 15.8. The maximum Gasteiger partial charge on any atom is 0.257 e. The largest absolute Gasteiger partial charge is 0.439 e. The Morgan fingerprint density at radius 3 is 2.45 bits per heavy atom. The zero-order chi connectivity index (χ0) is 23.4. The number of hydrogen-bond donors (Lipinski definition) is 2. The minimum absolute atomic E-state index is 0.161. The van der Waals surface area contributed by atoms with Crippen LogP contribution in [0.5, 0.6) is 11.6 Å². The molecule has 0 bridgehead atoms. The average molecular weight is 472 g/mol. The van der Waals surface area contributed by atoms with E-state index >= 15 is 0 Å². The van der Waals surface area contributed by atoms with Crippen LogP contribution in [0.2, 0.25) is 0 Å². The molecule has 0 radical (unpaired) electrons. The average Bonchev–Trinajstić information content (AvgIpc) is 2.81. The van der Waals surface area contributed by atoms with Crippen molar-refractivity contribution in [2.75, 3.05) is 36.5 Å². The summed E-state index contributed by atoms with van der Waals surface area (Å²) >= 11 is 0. The number of carbonyl (C=O) groups is 1. The highest BCUT2D eigenvalue weighted by atomic mass is 32.2. The third-order valence-corrected chi connectivity index (χ3v) is 5.83. The van der Waals surface area contributed by atoms with Crippen LogP contribution in [0.4, 0.5) is 15.8 Å². The monoisotopic (exact) mass is 472 g/mol. The number of ether oxygens (including phenoxy) is 2. The Labute approximate surface area is 190 Å². The summed E-state index contributed by atoms with van der Waals surface area (Å²) in [5.41, 5.74) is 1.11. The van der Waals surface area contributed by atoms with Crippen molar-refractivity contribution >= 4 is 27.3 Å². The van der Waals surface area contributed by atoms with E-state index in [0.717, 1.165) is 0 Å². The fraction of sp³-hybridized carbons (Fsp3) is 0.182. The van der Waals surface area contributed by atoms with E-state index in [1.54, 1.807) is 18.2 Å². The smallest absolute Gasteiger partial charge is 0.257 e. The van der Waals surface area contributed by atoms with Gasteiger partial charge in [-0.15, -0.1) is 0 Å². The molecule has 4 rings (SSSR count). The van der Waals surface area contributed by atoms with Crippen LogP contribution < -0.4 is 20.1 Å². The second kappa shape index (κ2) is 9.53. The van der Waals surface area contributed by atoms with Crippen molar-refractivity contribution in [1.82, 2.24) is 4.98 Å². The van der Waals surface area contributed by atoms with Crippen molar-refractivity contribution in [2.45, 2.75) is 4.90 Å². The van der Waals surface area contributed by atoms with Crippen molar-refractivity contribution in [1.29, 1.82) is 0 Å². The number of benzene rings is 2. The van der Waals surface area contributed by atoms with E-state index in [2.05, 4.69) is 10.3 Å². The third kappa shape index (κ3) is 5.64. The number of hydrogen-bond acceptors (Lipinski definition) is 7. The fourth-order valence-corrected chi connectivity index (χ4v) is 3.83. The van der Waals surface area contributed by atoms with Crippen molar-refractivity contribution < 1.29 is 27.1 Å². The highest BCUT2D eigenvalue weighted by molar-refractivity contribution is 7.89. The lowest BCUT2D eigenvalue weighted by Crippen LogP contribution is -2.37. The van der Waals surface area contributed by atoms with Gasteiger partial charge in [0.2, 0.25) is 15.9 Å². The highest BCUT2D eigenvalue weighted by Gasteiger charge is 2.22. The lowest BCUT2D eigenvalue weighted by Gasteiger charge is -2.30. The number of halogens is 1. The number of nitrogens with two attached hydrogens (primary N) is 1. The van der Waals surface area contributed by atoms with Gasteiger partial charge in [-0.2, -0.15) is 0 Å². The van der Waals surface area contributed by atoms with Gasteiger partial charge in [0.05, 0.1) is 35.6 Å². The number of primary sulfonamides is 1. The van der Waals surface area contributed by atoms with Crippen molar-refractivity contribution in [3.8, 4) is 11.6 Å². The molecule has 1 saturated heterocycles. The Hall–Kier alpha value is -3.54. The molecule has 1 fully saturated rings. The number of morpholine rings is 1. The van der Waals surface area contributed by atoms with Gasteiger partial charge in [-0.1, -0.05) is 0 Å². The van der Waals surface area contributed by atoms with Gasteiger partial charge in [-0.3, -0.25) is 4.79 Å². The van der Waals surface area contributed by atoms with Crippen LogP contribution in [-0.2, 0) is 14.8 Å². The number of nitrogens with one attached hydrogen (secondary N) is 1. The molecule has 33 heavy (non-hydrogen) atoms. The first kappa shape index (κ1) is 22.6. The van der Waals surface area contributed by atoms with Gasteiger partial charge in [0, 0.05) is 24.8 Å². The Balaban J connectivity index is 1.54. The number of rotatable bonds is 6. The summed E-state index contributed by atoms with van der Waals surface area (Å²) in [6, 6.07) is 12.8. The second-order valence-corrected chi connectivity index (χ2v) is 8.78. The van der Waals surface area contributed by atoms with Gasteiger partial charge in [-0.25, -0.2) is 22.9 Å². The third-order valence-electron chi connectivity index (χ3n) is 4.92. The molecule has 2 heterocycles. The number of amides is 1. The van der Waals surface area contributed by atoms with E-state index in [9.17, 15) is 17.6 Å². The first-order valence-corrected chi connectivity index (χ1v) is 11.5. The lowest BCUT2D eigenvalue weighted by atomic mass is 10.1. The molecule has 0 aliphatic carbocycles. The highest BCUT2D eigenvalue weighted by Crippen LogP contribution is 2.26. The maximum absolute atomic E-state index is 13.1. The number of anilines is 2. The number of nitrogens with zero attached hydrogens (tertiary/aromatic N) is 2. The summed E-state index contributed by atoms with van der Waals surface area (Å²) in [5.74, 6) is -0.229. The lowest BCUT2D eigenvalue weighted by molar-refractivity contribution is 0.102. The zero-order valence-corrected chi connectivity index (χ0v) is 18.2. The molecule has 2 aromatic carbocycles. The number of carbonyl (C=O) groups excluding carboxylic acids is 1. The molecule has 1 aromatic heterocycles. The summed E-state index contributed by atoms with van der Waals surface area (Å²) in [5, 5.41) is 7.97. The topological polar surface area (TPSA) is 124 Å². The van der Waals surface area contributed by atoms with Gasteiger partial charge in [-0.05, 0) is 48.5 Å². The van der Waals surface area contributed by atoms with Crippen LogP contribution in [-0.4, -0.2) is 45.6 Å². The molecule has 3 N–H and O–H groups in total. The number of aromatic nitrogens is 1. The fourth-order valence-electron chi connectivity index (χ4n) is 3.29. The van der Waals surface area contributed by atoms with Crippen molar-refractivity contribution in [3.63, 3.8) is 0 Å². The SMILES string of the molecule is NS(=O)(=O)c1ccc(N2CCOCC2)c(C(=O)Nc2ccc(Oc3ccc(F)cc3)nc2)c1. The Kier molecular flexibility index (Phi) is 6.54. The van der Waals surface area contributed by atoms with Gasteiger partial charge in [0.1, 0.15) is 11.6 Å². The molecule has 0 saturated carbocycles. The van der Waals surface area contributed by atoms with Gasteiger partial charge in [0.15, 0.2) is 0 Å². The van der Waals surface area contributed by atoms with E-state index in [1.807, 2.05) is 4.90 Å². The van der Waals surface area contributed by atoms with Gasteiger partial charge < -0.3 is 19.7 Å². The van der Waals surface area contributed by atoms with Crippen molar-refractivity contribution in [3.05, 3.63) is 72.2 Å². The number of pyridine rings is 1. The first-order valence-electron chi connectivity index (χ1n) is 10.00. The molecule has 1 amide bonds. The summed E-state index contributed by atoms with van der Waals surface area (Å²) in [7, 11) is -3.99. The van der Waals surface area contributed by atoms with E-state index in [-0.39, 0.29) is 22.2 Å². The molecule has 11 heteroatoms. The van der Waals surface area contributed by atoms with E-state index in [1.165, 1.54) is 42.6 Å². The maximum atomic E-state index is 13.1.